The van der Waals surface area contributed by atoms with Crippen LogP contribution in [0.15, 0.2) is 91.1 Å². The first-order valence-electron chi connectivity index (χ1n) is 21.5. The van der Waals surface area contributed by atoms with Crippen LogP contribution in [-0.4, -0.2) is 50.3 Å². The van der Waals surface area contributed by atoms with Crippen molar-refractivity contribution in [2.75, 3.05) is 39.3 Å². The lowest BCUT2D eigenvalue weighted by Crippen LogP contribution is -2.44. The molecule has 0 atom stereocenters. The smallest absolute Gasteiger partial charge is 0.164 e. The van der Waals surface area contributed by atoms with Crippen LogP contribution in [0.25, 0.3) is 22.4 Å². The molecule has 3 aliphatic rings. The molecular weight excluding hydrogens is 703 g/mol. The number of pyridine rings is 1. The molecule has 298 valence electrons. The molecule has 0 amide bonds. The molecule has 6 heteroatoms. The van der Waals surface area contributed by atoms with Crippen LogP contribution in [0.3, 0.4) is 0 Å². The van der Waals surface area contributed by atoms with Gasteiger partial charge in [0.25, 0.3) is 0 Å². The Bertz CT molecular complexity index is 2130. The van der Waals surface area contributed by atoms with Crippen LogP contribution < -0.4 is 19.1 Å². The van der Waals surface area contributed by atoms with Gasteiger partial charge in [-0.25, -0.2) is 0 Å². The van der Waals surface area contributed by atoms with Crippen LogP contribution in [0.2, 0.25) is 0 Å². The molecule has 4 aromatic carbocycles. The predicted molar refractivity (Wildman–Crippen MR) is 234 cm³/mol. The van der Waals surface area contributed by atoms with Gasteiger partial charge in [0.05, 0.1) is 27.0 Å². The van der Waals surface area contributed by atoms with Crippen molar-refractivity contribution in [1.82, 2.24) is 9.88 Å². The Morgan fingerprint density at radius 1 is 0.684 bits per heavy atom. The summed E-state index contributed by atoms with van der Waals surface area (Å²) in [6, 6.07) is 32.6. The third-order valence-corrected chi connectivity index (χ3v) is 12.9. The minimum Gasteiger partial charge on any atom is -0.496 e. The highest BCUT2D eigenvalue weighted by molar-refractivity contribution is 5.71. The van der Waals surface area contributed by atoms with Crippen molar-refractivity contribution < 1.29 is 14.2 Å². The molecule has 6 nitrogen and oxygen atoms in total. The Morgan fingerprint density at radius 3 is 2.11 bits per heavy atom. The minimum absolute atomic E-state index is 0.451. The van der Waals surface area contributed by atoms with E-state index in [2.05, 4.69) is 109 Å². The lowest BCUT2D eigenvalue weighted by molar-refractivity contribution is 0.201. The van der Waals surface area contributed by atoms with Gasteiger partial charge in [-0.15, -0.1) is 0 Å². The molecule has 0 bridgehead atoms. The summed E-state index contributed by atoms with van der Waals surface area (Å²) in [6.07, 6.45) is 14.0. The third-order valence-electron chi connectivity index (χ3n) is 12.9. The average molecular weight is 764 g/mol. The Morgan fingerprint density at radius 2 is 1.42 bits per heavy atom. The normalized spacial score (nSPS) is 16.3. The summed E-state index contributed by atoms with van der Waals surface area (Å²) in [5.74, 6) is 3.88. The minimum atomic E-state index is 0.451. The molecule has 1 aliphatic heterocycles. The molecule has 2 aliphatic carbocycles. The summed E-state index contributed by atoms with van der Waals surface area (Å²) in [6.45, 7) is 8.39. The van der Waals surface area contributed by atoms with E-state index in [1.165, 1.54) is 95.1 Å². The van der Waals surface area contributed by atoms with Crippen LogP contribution >= 0.6 is 0 Å². The van der Waals surface area contributed by atoms with Crippen molar-refractivity contribution in [2.24, 2.45) is 0 Å². The Balaban J connectivity index is 1.00. The fraction of sp³-hybridized carbons (Fsp3) is 0.431. The van der Waals surface area contributed by atoms with Crippen molar-refractivity contribution in [3.63, 3.8) is 0 Å². The molecule has 57 heavy (non-hydrogen) atoms. The molecule has 3 fully saturated rings. The van der Waals surface area contributed by atoms with Crippen molar-refractivity contribution in [1.29, 1.82) is 0 Å². The standard InChI is InChI=1S/C51H61N3O3/c1-6-7-10-36-15-19-44(20-16-36)54(34-37-11-8-14-41(27-37)42-29-47(39-12-9-13-39)51(57-5)50(31-42)56-4)45-22-25-53(26-23-45)33-38-21-24-52-48(28-38)43-30-46(40-17-18-40)35(2)49(32-43)55-3/h8,11,14-16,19-21,24,27-32,39-40,45H,6-7,9-10,12-13,17-18,22-23,25-26,33-34H2,1-5H3. The number of nitrogens with zero attached hydrogens (tertiary/aromatic N) is 3. The van der Waals surface area contributed by atoms with Crippen LogP contribution in [0.5, 0.6) is 17.2 Å². The number of hydrogen-bond acceptors (Lipinski definition) is 6. The molecule has 0 radical (unpaired) electrons. The van der Waals surface area contributed by atoms with Crippen molar-refractivity contribution >= 4 is 5.69 Å². The molecular formula is C51H61N3O3. The van der Waals surface area contributed by atoms with E-state index < -0.39 is 0 Å². The first kappa shape index (κ1) is 39.0. The second-order valence-electron chi connectivity index (χ2n) is 16.8. The van der Waals surface area contributed by atoms with Gasteiger partial charge in [0, 0.05) is 55.2 Å². The number of rotatable bonds is 16. The second kappa shape index (κ2) is 17.8. The van der Waals surface area contributed by atoms with Crippen molar-refractivity contribution in [3.05, 3.63) is 125 Å². The predicted octanol–water partition coefficient (Wildman–Crippen LogP) is 11.9. The summed E-state index contributed by atoms with van der Waals surface area (Å²) in [4.78, 5) is 10.1. The van der Waals surface area contributed by atoms with E-state index in [4.69, 9.17) is 19.2 Å². The maximum atomic E-state index is 5.88. The van der Waals surface area contributed by atoms with Gasteiger partial charge in [0.1, 0.15) is 5.75 Å². The van der Waals surface area contributed by atoms with Crippen LogP contribution in [0, 0.1) is 6.92 Å². The molecule has 0 spiro atoms. The number of unbranched alkanes of at least 4 members (excludes halogenated alkanes) is 1. The van der Waals surface area contributed by atoms with Crippen LogP contribution in [0.4, 0.5) is 5.69 Å². The Hall–Kier alpha value is -4.81. The molecule has 0 N–H and O–H groups in total. The number of anilines is 1. The van der Waals surface area contributed by atoms with Crippen molar-refractivity contribution in [3.8, 4) is 39.6 Å². The summed E-state index contributed by atoms with van der Waals surface area (Å²) in [7, 11) is 5.29. The molecule has 8 rings (SSSR count). The number of benzene rings is 4. The average Bonchev–Trinajstić information content (AvgIpc) is 4.08. The lowest BCUT2D eigenvalue weighted by Gasteiger charge is -2.40. The van der Waals surface area contributed by atoms with Crippen LogP contribution in [-0.2, 0) is 19.5 Å². The largest absolute Gasteiger partial charge is 0.496 e. The Labute approximate surface area is 341 Å². The Kier molecular flexibility index (Phi) is 12.2. The lowest BCUT2D eigenvalue weighted by atomic mass is 9.78. The summed E-state index contributed by atoms with van der Waals surface area (Å²) in [5.41, 5.74) is 14.0. The maximum absolute atomic E-state index is 5.88. The molecule has 5 aromatic rings. The number of aryl methyl sites for hydroxylation is 1. The van der Waals surface area contributed by atoms with E-state index in [0.717, 1.165) is 73.9 Å². The van der Waals surface area contributed by atoms with Gasteiger partial charge in [0.15, 0.2) is 11.5 Å². The zero-order valence-corrected chi connectivity index (χ0v) is 34.9. The summed E-state index contributed by atoms with van der Waals surface area (Å²) in [5, 5.41) is 0. The third kappa shape index (κ3) is 8.87. The summed E-state index contributed by atoms with van der Waals surface area (Å²) < 4.78 is 17.6. The highest BCUT2D eigenvalue weighted by Crippen LogP contribution is 2.47. The van der Waals surface area contributed by atoms with E-state index in [-0.39, 0.29) is 0 Å². The molecule has 0 unspecified atom stereocenters. The number of piperidine rings is 1. The van der Waals surface area contributed by atoms with Gasteiger partial charge < -0.3 is 19.1 Å². The number of methoxy groups -OCH3 is 3. The van der Waals surface area contributed by atoms with Gasteiger partial charge >= 0.3 is 0 Å². The van der Waals surface area contributed by atoms with E-state index >= 15 is 0 Å². The molecule has 1 saturated heterocycles. The number of hydrogen-bond donors (Lipinski definition) is 0. The quantitative estimate of drug-likeness (QED) is 0.0997. The second-order valence-corrected chi connectivity index (χ2v) is 16.8. The fourth-order valence-corrected chi connectivity index (χ4v) is 9.16. The van der Waals surface area contributed by atoms with Gasteiger partial charge in [-0.2, -0.15) is 0 Å². The highest BCUT2D eigenvalue weighted by Gasteiger charge is 2.29. The summed E-state index contributed by atoms with van der Waals surface area (Å²) >= 11 is 0. The topological polar surface area (TPSA) is 47.1 Å². The number of ether oxygens (including phenoxy) is 3. The first-order valence-corrected chi connectivity index (χ1v) is 21.5. The monoisotopic (exact) mass is 763 g/mol. The van der Waals surface area contributed by atoms with Crippen molar-refractivity contribution in [2.45, 2.75) is 109 Å². The van der Waals surface area contributed by atoms with Crippen LogP contribution in [0.1, 0.15) is 110 Å². The zero-order chi connectivity index (χ0) is 39.3. The van der Waals surface area contributed by atoms with E-state index in [1.807, 2.05) is 6.20 Å². The fourth-order valence-electron chi connectivity index (χ4n) is 9.16. The SMILES string of the molecule is CCCCc1ccc(N(Cc2cccc(-c3cc(OC)c(OC)c(C4CCC4)c3)c2)C2CCN(Cc3ccnc(-c4cc(OC)c(C)c(C5CC5)c4)c3)CC2)cc1. The maximum Gasteiger partial charge on any atom is 0.164 e. The molecule has 2 heterocycles. The number of aromatic nitrogens is 1. The van der Waals surface area contributed by atoms with E-state index in [9.17, 15) is 0 Å². The van der Waals surface area contributed by atoms with E-state index in [1.54, 1.807) is 21.3 Å². The molecule has 1 aromatic heterocycles. The van der Waals surface area contributed by atoms with E-state index in [0.29, 0.717) is 17.9 Å². The van der Waals surface area contributed by atoms with Gasteiger partial charge in [-0.3, -0.25) is 9.88 Å². The molecule has 2 saturated carbocycles. The first-order chi connectivity index (χ1) is 27.9. The highest BCUT2D eigenvalue weighted by atomic mass is 16.5. The number of likely N-dealkylation sites (tertiary alicyclic amines) is 1. The van der Waals surface area contributed by atoms with Gasteiger partial charge in [-0.05, 0) is 164 Å². The van der Waals surface area contributed by atoms with Gasteiger partial charge in [-0.1, -0.05) is 50.1 Å². The zero-order valence-electron chi connectivity index (χ0n) is 34.9. The van der Waals surface area contributed by atoms with Gasteiger partial charge in [0.2, 0.25) is 0 Å².